The van der Waals surface area contributed by atoms with Crippen molar-refractivity contribution in [1.29, 1.82) is 5.41 Å². The van der Waals surface area contributed by atoms with E-state index in [2.05, 4.69) is 25.4 Å². The summed E-state index contributed by atoms with van der Waals surface area (Å²) in [5.74, 6) is -0.196. The van der Waals surface area contributed by atoms with Gasteiger partial charge >= 0.3 is 11.7 Å². The van der Waals surface area contributed by atoms with Crippen molar-refractivity contribution in [2.45, 2.75) is 19.9 Å². The lowest BCUT2D eigenvalue weighted by atomic mass is 10.0. The number of nitrogen functional groups attached to an aromatic ring is 1. The Bertz CT molecular complexity index is 1500. The van der Waals surface area contributed by atoms with Gasteiger partial charge in [-0.15, -0.1) is 9.78 Å². The van der Waals surface area contributed by atoms with Crippen LogP contribution in [0.5, 0.6) is 17.2 Å². The monoisotopic (exact) mass is 504 g/mol. The number of aromatic amines is 1. The van der Waals surface area contributed by atoms with Crippen LogP contribution in [0.2, 0.25) is 0 Å². The van der Waals surface area contributed by atoms with E-state index in [-0.39, 0.29) is 34.7 Å². The van der Waals surface area contributed by atoms with Crippen LogP contribution in [-0.2, 0) is 4.79 Å². The van der Waals surface area contributed by atoms with Crippen LogP contribution in [-0.4, -0.2) is 48.3 Å². The van der Waals surface area contributed by atoms with E-state index >= 15 is 0 Å². The van der Waals surface area contributed by atoms with Gasteiger partial charge in [-0.3, -0.25) is 15.2 Å². The number of nitrogens with two attached hydrogens (primary N) is 1. The maximum atomic E-state index is 12.7. The highest BCUT2D eigenvalue weighted by Gasteiger charge is 2.23. The zero-order valence-corrected chi connectivity index (χ0v) is 19.9. The molecule has 190 valence electrons. The summed E-state index contributed by atoms with van der Waals surface area (Å²) >= 11 is 0. The number of phenols is 1. The van der Waals surface area contributed by atoms with E-state index in [1.807, 2.05) is 6.92 Å². The number of nitrogens with zero attached hydrogens (tertiary/aromatic N) is 4. The Balaban J connectivity index is 1.82. The molecule has 1 atom stereocenters. The third kappa shape index (κ3) is 5.73. The van der Waals surface area contributed by atoms with E-state index < -0.39 is 17.7 Å². The maximum absolute atomic E-state index is 12.7. The first-order chi connectivity index (χ1) is 17.7. The van der Waals surface area contributed by atoms with Crippen molar-refractivity contribution in [3.8, 4) is 23.2 Å². The van der Waals surface area contributed by atoms with Gasteiger partial charge in [0.25, 0.3) is 5.95 Å². The van der Waals surface area contributed by atoms with Crippen molar-refractivity contribution in [1.82, 2.24) is 24.7 Å². The van der Waals surface area contributed by atoms with Crippen molar-refractivity contribution in [3.63, 3.8) is 0 Å². The van der Waals surface area contributed by atoms with Crippen molar-refractivity contribution in [3.05, 3.63) is 82.3 Å². The molecule has 0 amide bonds. The Morgan fingerprint density at radius 2 is 2.00 bits per heavy atom. The average molecular weight is 505 g/mol. The van der Waals surface area contributed by atoms with E-state index in [1.165, 1.54) is 43.6 Å². The molecule has 0 unspecified atom stereocenters. The number of aromatic nitrogens is 5. The molecule has 0 saturated carbocycles. The second-order valence-corrected chi connectivity index (χ2v) is 7.76. The average Bonchev–Trinajstić information content (AvgIpc) is 3.23. The number of hydrogen-bond donors (Lipinski definition) is 5. The molecule has 0 bridgehead atoms. The Morgan fingerprint density at radius 1 is 1.24 bits per heavy atom. The molecule has 37 heavy (non-hydrogen) atoms. The summed E-state index contributed by atoms with van der Waals surface area (Å²) in [5, 5.41) is 25.7. The fourth-order valence-electron chi connectivity index (χ4n) is 3.58. The lowest BCUT2D eigenvalue weighted by molar-refractivity contribution is -0.131. The predicted octanol–water partition coefficient (Wildman–Crippen LogP) is 1.87. The summed E-state index contributed by atoms with van der Waals surface area (Å²) in [5.41, 5.74) is 6.22. The summed E-state index contributed by atoms with van der Waals surface area (Å²) in [4.78, 5) is 35.2. The molecule has 2 aromatic carbocycles. The number of phenolic OH excluding ortho intramolecular Hbond substituents is 1. The van der Waals surface area contributed by atoms with Crippen LogP contribution in [0.1, 0.15) is 36.8 Å². The molecule has 0 saturated heterocycles. The van der Waals surface area contributed by atoms with Crippen LogP contribution in [0.3, 0.4) is 0 Å². The molecule has 6 N–H and O–H groups in total. The molecule has 13 nitrogen and oxygen atoms in total. The highest BCUT2D eigenvalue weighted by atomic mass is 16.5. The van der Waals surface area contributed by atoms with Gasteiger partial charge in [0, 0.05) is 37.1 Å². The van der Waals surface area contributed by atoms with Gasteiger partial charge < -0.3 is 25.6 Å². The molecule has 4 rings (SSSR count). The van der Waals surface area contributed by atoms with Crippen LogP contribution in [0.25, 0.3) is 5.95 Å². The highest BCUT2D eigenvalue weighted by molar-refractivity contribution is 5.98. The number of rotatable bonds is 9. The number of benzene rings is 2. The molecule has 0 spiro atoms. The third-order valence-corrected chi connectivity index (χ3v) is 5.04. The van der Waals surface area contributed by atoms with Gasteiger partial charge in [0.15, 0.2) is 5.82 Å². The largest absolute Gasteiger partial charge is 0.508 e. The second kappa shape index (κ2) is 10.6. The van der Waals surface area contributed by atoms with Crippen molar-refractivity contribution in [2.75, 3.05) is 11.9 Å². The summed E-state index contributed by atoms with van der Waals surface area (Å²) < 4.78 is 11.8. The Labute approximate surface area is 210 Å². The molecule has 0 aliphatic rings. The maximum Gasteiger partial charge on any atom is 0.350 e. The number of carbonyl (C=O) groups excluding carboxylic acids is 1. The number of nitrogens with one attached hydrogen (secondary N) is 3. The minimum atomic E-state index is -0.822. The molecule has 0 fully saturated rings. The molecule has 0 aliphatic heterocycles. The van der Waals surface area contributed by atoms with Crippen molar-refractivity contribution < 1.29 is 19.4 Å². The van der Waals surface area contributed by atoms with E-state index in [0.717, 1.165) is 4.68 Å². The predicted molar refractivity (Wildman–Crippen MR) is 133 cm³/mol. The number of H-pyrrole nitrogens is 1. The van der Waals surface area contributed by atoms with E-state index in [0.29, 0.717) is 23.6 Å². The topological polar surface area (TPSA) is 194 Å². The third-order valence-electron chi connectivity index (χ3n) is 5.04. The minimum Gasteiger partial charge on any atom is -0.508 e. The zero-order valence-electron chi connectivity index (χ0n) is 19.9. The number of amidine groups is 1. The summed E-state index contributed by atoms with van der Waals surface area (Å²) in [6.45, 7) is 3.42. The first-order valence-electron chi connectivity index (χ1n) is 11.1. The number of aromatic hydroxyl groups is 1. The second-order valence-electron chi connectivity index (χ2n) is 7.76. The first-order valence-corrected chi connectivity index (χ1v) is 11.1. The van der Waals surface area contributed by atoms with Gasteiger partial charge in [0.2, 0.25) is 0 Å². The first kappa shape index (κ1) is 24.9. The van der Waals surface area contributed by atoms with Gasteiger partial charge in [-0.1, -0.05) is 0 Å². The number of ether oxygens (including phenoxy) is 2. The number of hydrogen-bond acceptors (Lipinski definition) is 10. The minimum absolute atomic E-state index is 0.0616. The summed E-state index contributed by atoms with van der Waals surface area (Å²) in [6.07, 6.45) is 2.96. The van der Waals surface area contributed by atoms with Crippen molar-refractivity contribution >= 4 is 17.5 Å². The molecule has 0 radical (unpaired) electrons. The molecule has 13 heteroatoms. The van der Waals surface area contributed by atoms with Crippen molar-refractivity contribution in [2.24, 2.45) is 5.73 Å². The SMILES string of the molecule is CCOc1cc(O)cc([C@H](Nc2ccc(C(=N)N)c(OC(C)=O)c2)c2nn(-c3ncccn3)c(=O)[nH]2)c1. The molecular formula is C24H24N8O5. The van der Waals surface area contributed by atoms with Gasteiger partial charge in [-0.2, -0.15) is 0 Å². The summed E-state index contributed by atoms with van der Waals surface area (Å²) in [6, 6.07) is 10.1. The Kier molecular flexibility index (Phi) is 7.14. The highest BCUT2D eigenvalue weighted by Crippen LogP contribution is 2.32. The van der Waals surface area contributed by atoms with Crippen LogP contribution in [0.4, 0.5) is 5.69 Å². The smallest absolute Gasteiger partial charge is 0.350 e. The normalized spacial score (nSPS) is 11.5. The van der Waals surface area contributed by atoms with Crippen LogP contribution >= 0.6 is 0 Å². The van der Waals surface area contributed by atoms with Gasteiger partial charge in [-0.25, -0.2) is 14.8 Å². The van der Waals surface area contributed by atoms with E-state index in [4.69, 9.17) is 20.6 Å². The van der Waals surface area contributed by atoms with Gasteiger partial charge in [0.05, 0.1) is 12.2 Å². The molecule has 2 heterocycles. The van der Waals surface area contributed by atoms with Gasteiger partial charge in [0.1, 0.15) is 29.1 Å². The number of anilines is 1. The molecule has 4 aromatic rings. The summed E-state index contributed by atoms with van der Waals surface area (Å²) in [7, 11) is 0. The Morgan fingerprint density at radius 3 is 2.68 bits per heavy atom. The van der Waals surface area contributed by atoms with Crippen LogP contribution in [0.15, 0.2) is 59.7 Å². The standard InChI is InChI=1S/C24H24N8O5/c1-3-36-17-10-14(9-16(34)12-17)20(22-30-24(35)32(31-22)23-27-7-4-8-28-23)29-15-5-6-18(21(25)26)19(11-15)37-13(2)33/h4-12,20,29,34H,3H2,1-2H3,(H3,25,26)(H,30,31,35)/t20-/m0/s1. The molecule has 2 aromatic heterocycles. The van der Waals surface area contributed by atoms with Crippen LogP contribution in [0, 0.1) is 5.41 Å². The fraction of sp³-hybridized carbons (Fsp3) is 0.167. The van der Waals surface area contributed by atoms with Crippen LogP contribution < -0.4 is 26.2 Å². The quantitative estimate of drug-likeness (QED) is 0.0971. The number of carbonyl (C=O) groups is 1. The number of esters is 1. The van der Waals surface area contributed by atoms with E-state index in [9.17, 15) is 14.7 Å². The van der Waals surface area contributed by atoms with E-state index in [1.54, 1.807) is 18.2 Å². The molecular weight excluding hydrogens is 480 g/mol. The lowest BCUT2D eigenvalue weighted by Crippen LogP contribution is -2.18. The lowest BCUT2D eigenvalue weighted by Gasteiger charge is -2.20. The fourth-order valence-corrected chi connectivity index (χ4v) is 3.58. The zero-order chi connectivity index (χ0) is 26.5. The molecule has 0 aliphatic carbocycles. The van der Waals surface area contributed by atoms with Gasteiger partial charge in [-0.05, 0) is 42.8 Å². The Hall–Kier alpha value is -5.20.